The number of rotatable bonds is 7. The summed E-state index contributed by atoms with van der Waals surface area (Å²) in [5.41, 5.74) is 0.839. The molecule has 0 aromatic heterocycles. The van der Waals surface area contributed by atoms with Crippen LogP contribution in [-0.2, 0) is 16.0 Å². The van der Waals surface area contributed by atoms with Crippen molar-refractivity contribution in [1.82, 2.24) is 4.90 Å². The zero-order valence-corrected chi connectivity index (χ0v) is 12.2. The molecule has 6 heteroatoms. The zero-order chi connectivity index (χ0) is 15.1. The van der Waals surface area contributed by atoms with Gasteiger partial charge in [0.15, 0.2) is 0 Å². The van der Waals surface area contributed by atoms with Crippen molar-refractivity contribution in [1.29, 1.82) is 0 Å². The number of nitrogens with zero attached hydrogens (tertiary/aromatic N) is 1. The lowest BCUT2D eigenvalue weighted by molar-refractivity contribution is -0.150. The second kappa shape index (κ2) is 7.91. The van der Waals surface area contributed by atoms with Gasteiger partial charge < -0.3 is 15.1 Å². The minimum Gasteiger partial charge on any atom is -0.480 e. The minimum atomic E-state index is -1.07. The van der Waals surface area contributed by atoms with Crippen LogP contribution < -0.4 is 0 Å². The number of aliphatic carboxylic acids is 1. The average molecular weight is 297 g/mol. The van der Waals surface area contributed by atoms with Crippen LogP contribution in [0.3, 0.4) is 0 Å². The number of aliphatic hydroxyl groups is 1. The van der Waals surface area contributed by atoms with Crippen LogP contribution in [0, 0.1) is 5.92 Å². The Bertz CT molecular complexity index is 448. The fraction of sp³-hybridized carbons (Fsp3) is 0.429. The Morgan fingerprint density at radius 3 is 2.35 bits per heavy atom. The van der Waals surface area contributed by atoms with Crippen molar-refractivity contribution in [3.8, 4) is 0 Å². The van der Waals surface area contributed by atoms with Crippen LogP contribution in [0.2, 0.25) is 0 Å². The van der Waals surface area contributed by atoms with Crippen LogP contribution in [0.4, 0.5) is 0 Å². The molecule has 0 aliphatic heterocycles. The Morgan fingerprint density at radius 1 is 1.30 bits per heavy atom. The third-order valence-corrected chi connectivity index (χ3v) is 3.60. The number of likely N-dealkylation sites (N-methyl/N-ethyl adjacent to an activating group) is 1. The molecule has 1 amide bonds. The van der Waals surface area contributed by atoms with Gasteiger partial charge in [0.25, 0.3) is 0 Å². The molecule has 0 aliphatic rings. The number of hydrogen-bond donors (Lipinski definition) is 3. The largest absolute Gasteiger partial charge is 0.480 e. The molecule has 1 rings (SSSR count). The predicted molar refractivity (Wildman–Crippen MR) is 78.8 cm³/mol. The SMILES string of the molecule is CN(C(=O)C(CO)CS)[C@@H](Cc1ccccc1)C(=O)O. The van der Waals surface area contributed by atoms with E-state index in [4.69, 9.17) is 5.11 Å². The van der Waals surface area contributed by atoms with Crippen molar-refractivity contribution in [3.63, 3.8) is 0 Å². The highest BCUT2D eigenvalue weighted by Gasteiger charge is 2.30. The Labute approximate surface area is 123 Å². The number of amides is 1. The summed E-state index contributed by atoms with van der Waals surface area (Å²) in [6, 6.07) is 8.16. The minimum absolute atomic E-state index is 0.178. The third-order valence-electron chi connectivity index (χ3n) is 3.16. The standard InChI is InChI=1S/C14H19NO4S/c1-15(13(17)11(8-16)9-20)12(14(18)19)7-10-5-3-2-4-6-10/h2-6,11-12,16,20H,7-9H2,1H3,(H,18,19)/t11?,12-/m0/s1. The number of aliphatic hydroxyl groups excluding tert-OH is 1. The van der Waals surface area contributed by atoms with Gasteiger partial charge in [-0.3, -0.25) is 4.79 Å². The highest BCUT2D eigenvalue weighted by molar-refractivity contribution is 7.80. The van der Waals surface area contributed by atoms with Gasteiger partial charge in [-0.1, -0.05) is 30.3 Å². The van der Waals surface area contributed by atoms with Crippen LogP contribution in [-0.4, -0.2) is 52.4 Å². The van der Waals surface area contributed by atoms with Crippen molar-refractivity contribution in [2.24, 2.45) is 5.92 Å². The summed E-state index contributed by atoms with van der Waals surface area (Å²) in [5.74, 6) is -1.98. The second-order valence-electron chi connectivity index (χ2n) is 4.55. The number of hydrogen-bond acceptors (Lipinski definition) is 4. The van der Waals surface area contributed by atoms with Gasteiger partial charge in [-0.25, -0.2) is 4.79 Å². The van der Waals surface area contributed by atoms with Crippen LogP contribution >= 0.6 is 12.6 Å². The molecule has 0 heterocycles. The van der Waals surface area contributed by atoms with Gasteiger partial charge in [0, 0.05) is 19.2 Å². The Balaban J connectivity index is 2.85. The van der Waals surface area contributed by atoms with Crippen molar-refractivity contribution in [2.75, 3.05) is 19.4 Å². The lowest BCUT2D eigenvalue weighted by atomic mass is 10.0. The van der Waals surface area contributed by atoms with E-state index in [9.17, 15) is 14.7 Å². The average Bonchev–Trinajstić information content (AvgIpc) is 2.46. The number of thiol groups is 1. The molecule has 0 aliphatic carbocycles. The summed E-state index contributed by atoms with van der Waals surface area (Å²) >= 11 is 3.99. The normalized spacial score (nSPS) is 13.6. The lowest BCUT2D eigenvalue weighted by Crippen LogP contribution is -2.47. The van der Waals surface area contributed by atoms with E-state index in [2.05, 4.69) is 12.6 Å². The second-order valence-corrected chi connectivity index (χ2v) is 4.92. The van der Waals surface area contributed by atoms with Gasteiger partial charge in [-0.15, -0.1) is 0 Å². The number of carboxylic acids is 1. The Hall–Kier alpha value is -1.53. The van der Waals surface area contributed by atoms with Gasteiger partial charge in [-0.2, -0.15) is 12.6 Å². The maximum Gasteiger partial charge on any atom is 0.326 e. The number of carbonyl (C=O) groups is 2. The molecule has 5 nitrogen and oxygen atoms in total. The van der Waals surface area contributed by atoms with Crippen molar-refractivity contribution in [2.45, 2.75) is 12.5 Å². The van der Waals surface area contributed by atoms with Gasteiger partial charge in [0.05, 0.1) is 12.5 Å². The molecule has 20 heavy (non-hydrogen) atoms. The fourth-order valence-electron chi connectivity index (χ4n) is 1.88. The van der Waals surface area contributed by atoms with Crippen LogP contribution in [0.25, 0.3) is 0 Å². The summed E-state index contributed by atoms with van der Waals surface area (Å²) in [5, 5.41) is 18.4. The summed E-state index contributed by atoms with van der Waals surface area (Å²) in [4.78, 5) is 24.6. The van der Waals surface area contributed by atoms with E-state index in [0.717, 1.165) is 5.56 Å². The van der Waals surface area contributed by atoms with E-state index in [-0.39, 0.29) is 18.8 Å². The molecule has 1 aromatic rings. The molecule has 0 fully saturated rings. The molecule has 0 radical (unpaired) electrons. The van der Waals surface area contributed by atoms with Crippen molar-refractivity contribution in [3.05, 3.63) is 35.9 Å². The first-order valence-corrected chi connectivity index (χ1v) is 6.89. The van der Waals surface area contributed by atoms with Crippen molar-refractivity contribution >= 4 is 24.5 Å². The molecular formula is C14H19NO4S. The monoisotopic (exact) mass is 297 g/mol. The van der Waals surface area contributed by atoms with E-state index in [1.54, 1.807) is 0 Å². The Kier molecular flexibility index (Phi) is 6.54. The number of benzene rings is 1. The van der Waals surface area contributed by atoms with E-state index < -0.39 is 23.8 Å². The number of carbonyl (C=O) groups excluding carboxylic acids is 1. The molecule has 110 valence electrons. The van der Waals surface area contributed by atoms with Crippen LogP contribution in [0.15, 0.2) is 30.3 Å². The lowest BCUT2D eigenvalue weighted by Gasteiger charge is -2.27. The molecule has 0 spiro atoms. The van der Waals surface area contributed by atoms with Gasteiger partial charge in [0.1, 0.15) is 6.04 Å². The topological polar surface area (TPSA) is 77.8 Å². The molecule has 1 unspecified atom stereocenters. The molecule has 0 saturated carbocycles. The summed E-state index contributed by atoms with van der Waals surface area (Å²) in [6.45, 7) is -0.343. The fourth-order valence-corrected chi connectivity index (χ4v) is 2.15. The Morgan fingerprint density at radius 2 is 1.90 bits per heavy atom. The predicted octanol–water partition coefficient (Wildman–Crippen LogP) is 0.679. The maximum absolute atomic E-state index is 12.1. The van der Waals surface area contributed by atoms with Crippen LogP contribution in [0.5, 0.6) is 0 Å². The van der Waals surface area contributed by atoms with E-state index in [1.807, 2.05) is 30.3 Å². The zero-order valence-electron chi connectivity index (χ0n) is 11.3. The van der Waals surface area contributed by atoms with E-state index in [1.165, 1.54) is 11.9 Å². The summed E-state index contributed by atoms with van der Waals surface area (Å²) in [7, 11) is 1.44. The molecule has 0 saturated heterocycles. The van der Waals surface area contributed by atoms with Gasteiger partial charge >= 0.3 is 5.97 Å². The molecule has 2 atom stereocenters. The summed E-state index contributed by atoms with van der Waals surface area (Å²) < 4.78 is 0. The van der Waals surface area contributed by atoms with Gasteiger partial charge in [-0.05, 0) is 5.56 Å². The third kappa shape index (κ3) is 4.25. The van der Waals surface area contributed by atoms with E-state index >= 15 is 0 Å². The quantitative estimate of drug-likeness (QED) is 0.647. The van der Waals surface area contributed by atoms with Crippen LogP contribution in [0.1, 0.15) is 5.56 Å². The van der Waals surface area contributed by atoms with Crippen molar-refractivity contribution < 1.29 is 19.8 Å². The summed E-state index contributed by atoms with van der Waals surface area (Å²) in [6.07, 6.45) is 0.225. The first kappa shape index (κ1) is 16.5. The first-order chi connectivity index (χ1) is 9.51. The van der Waals surface area contributed by atoms with Gasteiger partial charge in [0.2, 0.25) is 5.91 Å². The first-order valence-electron chi connectivity index (χ1n) is 6.26. The highest BCUT2D eigenvalue weighted by atomic mass is 32.1. The molecular weight excluding hydrogens is 278 g/mol. The number of carboxylic acid groups (broad SMARTS) is 1. The molecule has 0 bridgehead atoms. The molecule has 1 aromatic carbocycles. The maximum atomic E-state index is 12.1. The highest BCUT2D eigenvalue weighted by Crippen LogP contribution is 2.12. The smallest absolute Gasteiger partial charge is 0.326 e. The van der Waals surface area contributed by atoms with E-state index in [0.29, 0.717) is 0 Å². The molecule has 2 N–H and O–H groups in total.